The number of aliphatic imine (C=N–C) groups is 1. The lowest BCUT2D eigenvalue weighted by atomic mass is 9.99. The van der Waals surface area contributed by atoms with Gasteiger partial charge in [0.15, 0.2) is 5.96 Å². The SMILES string of the molecule is CC(C)C[C@H](NC(=O)[C@H](CC(C)C)NC(=O)[C@H](CCCN=C(N)N)NC(=O)[C@H](CO)NC(=O)[C@@H](N)Cc1cnc[nH]1)C(=O)N[C@@H](CC(=O)O)C(=O)N[C@@H](CCC(N)=O)C(=O)O. The molecule has 1 heterocycles. The third kappa shape index (κ3) is 20.9. The third-order valence-electron chi connectivity index (χ3n) is 8.71. The number of hydrogen-bond acceptors (Lipinski definition) is 13. The van der Waals surface area contributed by atoms with E-state index in [0.29, 0.717) is 5.69 Å². The number of rotatable bonds is 29. The van der Waals surface area contributed by atoms with Crippen LogP contribution in [0, 0.1) is 11.8 Å². The van der Waals surface area contributed by atoms with Gasteiger partial charge in [0.1, 0.15) is 36.3 Å². The van der Waals surface area contributed by atoms with E-state index in [9.17, 15) is 58.5 Å². The van der Waals surface area contributed by atoms with E-state index >= 15 is 0 Å². The van der Waals surface area contributed by atoms with Crippen molar-refractivity contribution < 1.29 is 58.5 Å². The van der Waals surface area contributed by atoms with Gasteiger partial charge in [0.05, 0.1) is 25.4 Å². The summed E-state index contributed by atoms with van der Waals surface area (Å²) in [5.41, 5.74) is 22.4. The van der Waals surface area contributed by atoms with Gasteiger partial charge in [0.2, 0.25) is 41.4 Å². The van der Waals surface area contributed by atoms with Crippen molar-refractivity contribution in [2.24, 2.45) is 39.8 Å². The maximum atomic E-state index is 13.9. The van der Waals surface area contributed by atoms with E-state index < -0.39 is 121 Å². The van der Waals surface area contributed by atoms with Crippen molar-refractivity contribution in [1.29, 1.82) is 0 Å². The first-order valence-electron chi connectivity index (χ1n) is 19.5. The molecule has 7 atom stereocenters. The predicted molar refractivity (Wildman–Crippen MR) is 216 cm³/mol. The lowest BCUT2D eigenvalue weighted by Crippen LogP contribution is -2.60. The van der Waals surface area contributed by atoms with Gasteiger partial charge in [-0.2, -0.15) is 0 Å². The molecular weight excluding hydrogens is 806 g/mol. The lowest BCUT2D eigenvalue weighted by molar-refractivity contribution is -0.144. The number of amides is 7. The number of aliphatic carboxylic acids is 2. The van der Waals surface area contributed by atoms with Crippen LogP contribution < -0.4 is 54.8 Å². The fraction of sp³-hybridized carbons (Fsp3) is 0.639. The summed E-state index contributed by atoms with van der Waals surface area (Å²) in [7, 11) is 0. The van der Waals surface area contributed by atoms with E-state index in [0.717, 1.165) is 0 Å². The molecule has 25 heteroatoms. The average molecular weight is 868 g/mol. The Morgan fingerprint density at radius 2 is 1.16 bits per heavy atom. The highest BCUT2D eigenvalue weighted by molar-refractivity contribution is 5.97. The van der Waals surface area contributed by atoms with Crippen molar-refractivity contribution in [1.82, 2.24) is 41.9 Å². The smallest absolute Gasteiger partial charge is 0.326 e. The van der Waals surface area contributed by atoms with Gasteiger partial charge in [-0.1, -0.05) is 27.7 Å². The van der Waals surface area contributed by atoms with Crippen molar-refractivity contribution >= 4 is 59.2 Å². The van der Waals surface area contributed by atoms with E-state index in [1.807, 2.05) is 0 Å². The Balaban J connectivity index is 3.31. The van der Waals surface area contributed by atoms with E-state index in [1.54, 1.807) is 27.7 Å². The molecule has 0 aliphatic heterocycles. The standard InChI is InChI=1S/C36H61N13O12/c1-17(2)10-23(31(56)47-24(11-18(3)4)32(57)48-25(13-28(52)53)33(58)45-22(35(60)61)7-8-27(38)51)46-30(55)21(6-5-9-42-36(39)40)44-34(59)26(15-50)49-29(54)20(37)12-19-14-41-16-43-19/h14,16-18,20-26,50H,5-13,15,37H2,1-4H3,(H2,38,51)(H,41,43)(H,44,59)(H,45,58)(H,46,55)(H,47,56)(H,48,57)(H,49,54)(H,52,53)(H,60,61)(H4,39,40,42)/t20-,21-,22-,23-,24-,25-,26-/m0/s1. The minimum absolute atomic E-state index is 0.0116. The van der Waals surface area contributed by atoms with Crippen molar-refractivity contribution in [3.05, 3.63) is 18.2 Å². The van der Waals surface area contributed by atoms with Gasteiger partial charge < -0.3 is 75.1 Å². The van der Waals surface area contributed by atoms with Gasteiger partial charge in [-0.3, -0.25) is 43.3 Å². The minimum Gasteiger partial charge on any atom is -0.481 e. The fourth-order valence-electron chi connectivity index (χ4n) is 5.67. The summed E-state index contributed by atoms with van der Waals surface area (Å²) in [5.74, 6) is -10.3. The number of guanidine groups is 1. The summed E-state index contributed by atoms with van der Waals surface area (Å²) in [6.07, 6.45) is 1.09. The summed E-state index contributed by atoms with van der Waals surface area (Å²) in [4.78, 5) is 126. The van der Waals surface area contributed by atoms with Gasteiger partial charge in [0, 0.05) is 31.3 Å². The van der Waals surface area contributed by atoms with Crippen LogP contribution in [0.15, 0.2) is 17.5 Å². The van der Waals surface area contributed by atoms with Crippen molar-refractivity contribution in [2.75, 3.05) is 13.2 Å². The monoisotopic (exact) mass is 867 g/mol. The largest absolute Gasteiger partial charge is 0.481 e. The molecule has 1 rings (SSSR count). The number of aromatic nitrogens is 2. The number of aromatic amines is 1. The number of H-pyrrole nitrogens is 1. The number of imidazole rings is 1. The Morgan fingerprint density at radius 3 is 1.62 bits per heavy atom. The number of carboxylic acid groups (broad SMARTS) is 2. The zero-order chi connectivity index (χ0) is 46.4. The van der Waals surface area contributed by atoms with Gasteiger partial charge in [0.25, 0.3) is 0 Å². The molecule has 0 fully saturated rings. The molecule has 25 nitrogen and oxygen atoms in total. The highest BCUT2D eigenvalue weighted by atomic mass is 16.4. The number of primary amides is 1. The summed E-state index contributed by atoms with van der Waals surface area (Å²) in [6.45, 7) is 6.07. The molecule has 0 saturated carbocycles. The second-order valence-electron chi connectivity index (χ2n) is 15.1. The maximum Gasteiger partial charge on any atom is 0.326 e. The number of hydrogen-bond donors (Lipinski definition) is 14. The molecule has 0 saturated heterocycles. The molecule has 1 aromatic heterocycles. The molecule has 0 radical (unpaired) electrons. The Labute approximate surface area is 351 Å². The Kier molecular flexibility index (Phi) is 23.0. The van der Waals surface area contributed by atoms with Crippen LogP contribution in [0.1, 0.15) is 78.3 Å². The van der Waals surface area contributed by atoms with E-state index in [4.69, 9.17) is 22.9 Å². The van der Waals surface area contributed by atoms with Gasteiger partial charge >= 0.3 is 11.9 Å². The quantitative estimate of drug-likeness (QED) is 0.0204. The number of nitrogens with zero attached hydrogens (tertiary/aromatic N) is 2. The summed E-state index contributed by atoms with van der Waals surface area (Å²) in [5, 5.41) is 43.3. The number of carbonyl (C=O) groups excluding carboxylic acids is 7. The second-order valence-corrected chi connectivity index (χ2v) is 15.1. The maximum absolute atomic E-state index is 13.9. The Hall–Kier alpha value is -6.37. The van der Waals surface area contributed by atoms with Crippen LogP contribution in [0.3, 0.4) is 0 Å². The van der Waals surface area contributed by atoms with Crippen molar-refractivity contribution in [3.8, 4) is 0 Å². The molecular formula is C36H61N13O12. The number of nitrogens with one attached hydrogen (secondary N) is 7. The lowest BCUT2D eigenvalue weighted by Gasteiger charge is -2.28. The topological polar surface area (TPSA) is 432 Å². The molecule has 18 N–H and O–H groups in total. The summed E-state index contributed by atoms with van der Waals surface area (Å²) < 4.78 is 0. The predicted octanol–water partition coefficient (Wildman–Crippen LogP) is -4.85. The van der Waals surface area contributed by atoms with E-state index in [-0.39, 0.29) is 56.4 Å². The highest BCUT2D eigenvalue weighted by Crippen LogP contribution is 2.11. The molecule has 7 amide bonds. The number of carbonyl (C=O) groups is 9. The van der Waals surface area contributed by atoms with E-state index in [2.05, 4.69) is 46.9 Å². The average Bonchev–Trinajstić information content (AvgIpc) is 3.67. The van der Waals surface area contributed by atoms with Crippen LogP contribution in [-0.4, -0.2) is 140 Å². The zero-order valence-electron chi connectivity index (χ0n) is 34.6. The van der Waals surface area contributed by atoms with E-state index in [1.165, 1.54) is 12.5 Å². The molecule has 0 aromatic carbocycles. The second kappa shape index (κ2) is 26.7. The van der Waals surface area contributed by atoms with Gasteiger partial charge in [-0.05, 0) is 43.9 Å². The molecule has 61 heavy (non-hydrogen) atoms. The highest BCUT2D eigenvalue weighted by Gasteiger charge is 2.35. The number of nitrogens with two attached hydrogens (primary N) is 4. The molecule has 342 valence electrons. The Bertz CT molecular complexity index is 1690. The fourth-order valence-corrected chi connectivity index (χ4v) is 5.67. The summed E-state index contributed by atoms with van der Waals surface area (Å²) in [6, 6.07) is -10.3. The van der Waals surface area contributed by atoms with Crippen LogP contribution in [-0.2, 0) is 49.6 Å². The molecule has 0 spiro atoms. The molecule has 0 bridgehead atoms. The minimum atomic E-state index is -1.82. The molecule has 0 aliphatic carbocycles. The molecule has 0 aliphatic rings. The third-order valence-corrected chi connectivity index (χ3v) is 8.71. The van der Waals surface area contributed by atoms with Crippen molar-refractivity contribution in [2.45, 2.75) is 121 Å². The van der Waals surface area contributed by atoms with Gasteiger partial charge in [-0.25, -0.2) is 9.78 Å². The van der Waals surface area contributed by atoms with Crippen LogP contribution in [0.5, 0.6) is 0 Å². The first kappa shape index (κ1) is 52.6. The van der Waals surface area contributed by atoms with Crippen molar-refractivity contribution in [3.63, 3.8) is 0 Å². The zero-order valence-corrected chi connectivity index (χ0v) is 34.6. The van der Waals surface area contributed by atoms with Gasteiger partial charge in [-0.15, -0.1) is 0 Å². The number of carboxylic acids is 2. The van der Waals surface area contributed by atoms with Crippen LogP contribution in [0.25, 0.3) is 0 Å². The van der Waals surface area contributed by atoms with Crippen LogP contribution in [0.2, 0.25) is 0 Å². The first-order valence-corrected chi connectivity index (χ1v) is 19.5. The Morgan fingerprint density at radius 1 is 0.689 bits per heavy atom. The van der Waals surface area contributed by atoms with Crippen LogP contribution >= 0.6 is 0 Å². The first-order chi connectivity index (χ1) is 28.5. The molecule has 0 unspecified atom stereocenters. The molecule has 1 aromatic rings. The normalized spacial score (nSPS) is 14.5. The number of aliphatic hydroxyl groups is 1. The van der Waals surface area contributed by atoms with Crippen LogP contribution in [0.4, 0.5) is 0 Å². The number of aliphatic hydroxyl groups excluding tert-OH is 1. The summed E-state index contributed by atoms with van der Waals surface area (Å²) >= 11 is 0.